The number of aliphatic carboxylic acids is 2. The third-order valence-electron chi connectivity index (χ3n) is 6.39. The van der Waals surface area contributed by atoms with E-state index >= 15 is 0 Å². The van der Waals surface area contributed by atoms with Gasteiger partial charge in [0.25, 0.3) is 0 Å². The van der Waals surface area contributed by atoms with Crippen LogP contribution in [0.15, 0.2) is 12.2 Å². The van der Waals surface area contributed by atoms with E-state index in [2.05, 4.69) is 13.5 Å². The molecular formula is C18H28O4. The Balaban J connectivity index is 2.24. The highest BCUT2D eigenvalue weighted by molar-refractivity contribution is 5.75. The molecule has 2 N–H and O–H groups in total. The summed E-state index contributed by atoms with van der Waals surface area (Å²) in [6.45, 7) is 8.35. The van der Waals surface area contributed by atoms with Crippen LogP contribution in [0.25, 0.3) is 0 Å². The van der Waals surface area contributed by atoms with Crippen molar-refractivity contribution in [3.05, 3.63) is 12.2 Å². The quantitative estimate of drug-likeness (QED) is 0.750. The molecule has 0 aromatic heterocycles. The topological polar surface area (TPSA) is 74.6 Å². The van der Waals surface area contributed by atoms with Crippen molar-refractivity contribution in [3.63, 3.8) is 0 Å². The van der Waals surface area contributed by atoms with Crippen LogP contribution in [0.4, 0.5) is 0 Å². The number of hydrogen-bond acceptors (Lipinski definition) is 2. The van der Waals surface area contributed by atoms with Crippen molar-refractivity contribution in [1.29, 1.82) is 0 Å². The van der Waals surface area contributed by atoms with Crippen molar-refractivity contribution in [1.82, 2.24) is 0 Å². The van der Waals surface area contributed by atoms with Crippen LogP contribution in [0, 0.1) is 22.7 Å². The average molecular weight is 308 g/mol. The molecule has 0 amide bonds. The molecule has 0 aliphatic heterocycles. The van der Waals surface area contributed by atoms with Crippen molar-refractivity contribution < 1.29 is 19.8 Å². The van der Waals surface area contributed by atoms with Gasteiger partial charge in [0, 0.05) is 6.42 Å². The fraction of sp³-hybridized carbons (Fsp3) is 0.778. The van der Waals surface area contributed by atoms with Crippen LogP contribution in [0.3, 0.4) is 0 Å². The Bertz CT molecular complexity index is 483. The Morgan fingerprint density at radius 3 is 2.55 bits per heavy atom. The molecule has 0 spiro atoms. The highest BCUT2D eigenvalue weighted by Crippen LogP contribution is 2.61. The van der Waals surface area contributed by atoms with E-state index in [1.807, 2.05) is 6.92 Å². The number of allylic oxidation sites excluding steroid dienone is 1. The van der Waals surface area contributed by atoms with Gasteiger partial charge in [-0.15, -0.1) is 0 Å². The molecule has 4 nitrogen and oxygen atoms in total. The summed E-state index contributed by atoms with van der Waals surface area (Å²) in [6, 6.07) is 0. The van der Waals surface area contributed by atoms with Gasteiger partial charge in [0.05, 0.1) is 5.41 Å². The van der Waals surface area contributed by atoms with E-state index < -0.39 is 17.4 Å². The van der Waals surface area contributed by atoms with E-state index in [0.717, 1.165) is 38.5 Å². The molecule has 0 radical (unpaired) electrons. The van der Waals surface area contributed by atoms with E-state index in [0.29, 0.717) is 6.42 Å². The maximum atomic E-state index is 11.9. The highest BCUT2D eigenvalue weighted by Gasteiger charge is 2.57. The van der Waals surface area contributed by atoms with E-state index in [1.54, 1.807) is 0 Å². The summed E-state index contributed by atoms with van der Waals surface area (Å²) in [5.41, 5.74) is 0.483. The molecular weight excluding hydrogens is 280 g/mol. The van der Waals surface area contributed by atoms with Gasteiger partial charge in [-0.25, -0.2) is 0 Å². The highest BCUT2D eigenvalue weighted by atomic mass is 16.4. The predicted octanol–water partition coefficient (Wildman–Crippen LogP) is 4.10. The largest absolute Gasteiger partial charge is 0.481 e. The van der Waals surface area contributed by atoms with Crippen LogP contribution in [0.2, 0.25) is 0 Å². The Labute approximate surface area is 132 Å². The summed E-state index contributed by atoms with van der Waals surface area (Å²) >= 11 is 0. The van der Waals surface area contributed by atoms with Gasteiger partial charge < -0.3 is 10.2 Å². The second-order valence-electron chi connectivity index (χ2n) is 7.67. The van der Waals surface area contributed by atoms with Gasteiger partial charge in [-0.3, -0.25) is 9.59 Å². The number of rotatable bonds is 5. The first kappa shape index (κ1) is 17.0. The molecule has 0 unspecified atom stereocenters. The average Bonchev–Trinajstić information content (AvgIpc) is 2.41. The molecule has 2 rings (SSSR count). The molecule has 0 aromatic rings. The van der Waals surface area contributed by atoms with Gasteiger partial charge in [-0.05, 0) is 62.7 Å². The lowest BCUT2D eigenvalue weighted by Crippen LogP contribution is -2.53. The molecule has 0 aromatic carbocycles. The summed E-state index contributed by atoms with van der Waals surface area (Å²) in [5.74, 6) is -1.03. The molecule has 0 bridgehead atoms. The van der Waals surface area contributed by atoms with Gasteiger partial charge in [0.1, 0.15) is 0 Å². The first-order valence-corrected chi connectivity index (χ1v) is 8.34. The molecule has 0 heterocycles. The lowest BCUT2D eigenvalue weighted by atomic mass is 9.46. The number of fused-ring (bicyclic) bond motifs is 1. The third-order valence-corrected chi connectivity index (χ3v) is 6.39. The first-order valence-electron chi connectivity index (χ1n) is 8.34. The van der Waals surface area contributed by atoms with Gasteiger partial charge in [0.2, 0.25) is 0 Å². The van der Waals surface area contributed by atoms with Crippen molar-refractivity contribution >= 4 is 11.9 Å². The third kappa shape index (κ3) is 2.80. The van der Waals surface area contributed by atoms with Gasteiger partial charge in [-0.1, -0.05) is 25.5 Å². The Morgan fingerprint density at radius 2 is 1.95 bits per heavy atom. The predicted molar refractivity (Wildman–Crippen MR) is 84.5 cm³/mol. The number of hydrogen-bond donors (Lipinski definition) is 2. The molecule has 2 aliphatic carbocycles. The summed E-state index contributed by atoms with van der Waals surface area (Å²) in [7, 11) is 0. The van der Waals surface area contributed by atoms with Gasteiger partial charge >= 0.3 is 11.9 Å². The second kappa shape index (κ2) is 6.05. The molecule has 0 saturated heterocycles. The van der Waals surface area contributed by atoms with Gasteiger partial charge in [0.15, 0.2) is 0 Å². The minimum atomic E-state index is -0.762. The lowest BCUT2D eigenvalue weighted by molar-refractivity contribution is -0.164. The number of carboxylic acid groups (broad SMARTS) is 2. The summed E-state index contributed by atoms with van der Waals surface area (Å²) in [6.07, 6.45) is 6.11. The van der Waals surface area contributed by atoms with E-state index in [1.165, 1.54) is 5.57 Å². The van der Waals surface area contributed by atoms with E-state index in [4.69, 9.17) is 5.11 Å². The van der Waals surface area contributed by atoms with Gasteiger partial charge in [-0.2, -0.15) is 0 Å². The summed E-state index contributed by atoms with van der Waals surface area (Å²) in [4.78, 5) is 22.6. The standard InChI is InChI=1S/C18H28O4/c1-12-8-9-14-17(2,13(12)6-4-7-15(19)20)10-5-11-18(14,3)16(21)22/h13-14H,1,4-11H2,2-3H3,(H,19,20)(H,21,22)/t13-,14+,17+,18-/m0/s1. The number of carbonyl (C=O) groups is 2. The fourth-order valence-electron chi connectivity index (χ4n) is 5.20. The summed E-state index contributed by atoms with van der Waals surface area (Å²) in [5, 5.41) is 18.6. The molecule has 2 aliphatic rings. The Kier molecular flexibility index (Phi) is 4.69. The van der Waals surface area contributed by atoms with Crippen LogP contribution in [0.1, 0.15) is 65.2 Å². The first-order chi connectivity index (χ1) is 10.2. The lowest BCUT2D eigenvalue weighted by Gasteiger charge is -2.57. The van der Waals surface area contributed by atoms with E-state index in [-0.39, 0.29) is 23.7 Å². The molecule has 4 atom stereocenters. The maximum Gasteiger partial charge on any atom is 0.309 e. The van der Waals surface area contributed by atoms with Crippen LogP contribution in [0.5, 0.6) is 0 Å². The zero-order valence-corrected chi connectivity index (χ0v) is 13.7. The van der Waals surface area contributed by atoms with Crippen molar-refractivity contribution in [2.75, 3.05) is 0 Å². The zero-order chi connectivity index (χ0) is 16.5. The Morgan fingerprint density at radius 1 is 1.27 bits per heavy atom. The van der Waals surface area contributed by atoms with Crippen molar-refractivity contribution in [3.8, 4) is 0 Å². The summed E-state index contributed by atoms with van der Waals surface area (Å²) < 4.78 is 0. The molecule has 22 heavy (non-hydrogen) atoms. The second-order valence-corrected chi connectivity index (χ2v) is 7.67. The van der Waals surface area contributed by atoms with Crippen LogP contribution < -0.4 is 0 Å². The van der Waals surface area contributed by atoms with Crippen molar-refractivity contribution in [2.45, 2.75) is 65.2 Å². The van der Waals surface area contributed by atoms with Crippen LogP contribution in [-0.2, 0) is 9.59 Å². The molecule has 2 saturated carbocycles. The molecule has 4 heteroatoms. The smallest absolute Gasteiger partial charge is 0.309 e. The minimum absolute atomic E-state index is 0.0563. The maximum absolute atomic E-state index is 11.9. The normalized spacial score (nSPS) is 38.4. The van der Waals surface area contributed by atoms with Crippen LogP contribution >= 0.6 is 0 Å². The van der Waals surface area contributed by atoms with Crippen LogP contribution in [-0.4, -0.2) is 22.2 Å². The zero-order valence-electron chi connectivity index (χ0n) is 13.7. The Hall–Kier alpha value is -1.32. The van der Waals surface area contributed by atoms with E-state index in [9.17, 15) is 14.7 Å². The molecule has 124 valence electrons. The van der Waals surface area contributed by atoms with Crippen molar-refractivity contribution in [2.24, 2.45) is 22.7 Å². The SMILES string of the molecule is C=C1CC[C@@H]2[C@](C)(CCC[C@]2(C)C(=O)O)[C@H]1CCCC(=O)O. The monoisotopic (exact) mass is 308 g/mol. The molecule has 2 fully saturated rings. The fourth-order valence-corrected chi connectivity index (χ4v) is 5.20. The number of carboxylic acids is 2. The minimum Gasteiger partial charge on any atom is -0.481 e.